The number of unbranched alkanes of at least 4 members (excludes halogenated alkanes) is 3. The fraction of sp³-hybridized carbons (Fsp3) is 0.935. The van der Waals surface area contributed by atoms with E-state index >= 15 is 0 Å². The van der Waals surface area contributed by atoms with Crippen LogP contribution < -0.4 is 0 Å². The summed E-state index contributed by atoms with van der Waals surface area (Å²) >= 11 is -2.42. The second-order valence-electron chi connectivity index (χ2n) is 14.6. The molecule has 2 rings (SSSR count). The van der Waals surface area contributed by atoms with Gasteiger partial charge in [-0.05, 0) is 0 Å². The van der Waals surface area contributed by atoms with Crippen LogP contribution in [0.1, 0.15) is 114 Å². The predicted octanol–water partition coefficient (Wildman–Crippen LogP) is 10.2. The summed E-state index contributed by atoms with van der Waals surface area (Å²) in [6.45, 7) is 28.5. The van der Waals surface area contributed by atoms with Crippen LogP contribution in [0.4, 0.5) is 0 Å². The third kappa shape index (κ3) is 7.41. The van der Waals surface area contributed by atoms with Crippen molar-refractivity contribution in [1.29, 1.82) is 0 Å². The van der Waals surface area contributed by atoms with Gasteiger partial charge in [0.05, 0.1) is 0 Å². The van der Waals surface area contributed by atoms with Gasteiger partial charge in [0, 0.05) is 0 Å². The molecule has 2 fully saturated rings. The summed E-state index contributed by atoms with van der Waals surface area (Å²) < 4.78 is 21.3. The van der Waals surface area contributed by atoms with Crippen LogP contribution in [-0.4, -0.2) is 46.0 Å². The van der Waals surface area contributed by atoms with Gasteiger partial charge in [0.15, 0.2) is 0 Å². The molecule has 0 N–H and O–H groups in total. The Bertz CT molecular complexity index is 671. The first-order valence-corrected chi connectivity index (χ1v) is 25.8. The zero-order valence-corrected chi connectivity index (χ0v) is 29.6. The van der Waals surface area contributed by atoms with Gasteiger partial charge in [0.2, 0.25) is 0 Å². The van der Waals surface area contributed by atoms with Gasteiger partial charge in [-0.15, -0.1) is 0 Å². The fourth-order valence-corrected chi connectivity index (χ4v) is 23.4. The van der Waals surface area contributed by atoms with Crippen LogP contribution in [0.25, 0.3) is 0 Å². The minimum absolute atomic E-state index is 0.136. The second-order valence-corrected chi connectivity index (χ2v) is 32.3. The van der Waals surface area contributed by atoms with E-state index in [0.717, 1.165) is 13.2 Å². The third-order valence-electron chi connectivity index (χ3n) is 10.5. The zero-order chi connectivity index (χ0) is 26.5. The van der Waals surface area contributed by atoms with Gasteiger partial charge in [-0.1, -0.05) is 0 Å². The number of rotatable bonds is 13. The first kappa shape index (κ1) is 31.9. The number of ether oxygens (including phenoxy) is 1. The Morgan fingerprint density at radius 3 is 1.94 bits per heavy atom. The van der Waals surface area contributed by atoms with Crippen LogP contribution in [0.5, 0.6) is 0 Å². The Hall–Kier alpha value is 0.676. The minimum atomic E-state index is -2.42. The quantitative estimate of drug-likeness (QED) is 0.193. The Morgan fingerprint density at radius 2 is 1.49 bits per heavy atom. The van der Waals surface area contributed by atoms with Crippen molar-refractivity contribution in [2.45, 2.75) is 151 Å². The summed E-state index contributed by atoms with van der Waals surface area (Å²) in [5, 5.41) is 0.253. The molecule has 1 saturated heterocycles. The average molecular weight is 614 g/mol. The van der Waals surface area contributed by atoms with Crippen molar-refractivity contribution < 1.29 is 9.16 Å². The van der Waals surface area contributed by atoms with Gasteiger partial charge in [0.1, 0.15) is 0 Å². The molecule has 206 valence electrons. The van der Waals surface area contributed by atoms with Gasteiger partial charge in [-0.25, -0.2) is 0 Å². The Morgan fingerprint density at radius 1 is 0.971 bits per heavy atom. The van der Waals surface area contributed by atoms with Gasteiger partial charge in [-0.2, -0.15) is 0 Å². The van der Waals surface area contributed by atoms with Crippen LogP contribution >= 0.6 is 0 Å². The van der Waals surface area contributed by atoms with E-state index in [0.29, 0.717) is 12.0 Å². The number of fused-ring (bicyclic) bond motifs is 1. The molecule has 2 nitrogen and oxygen atoms in total. The van der Waals surface area contributed by atoms with Crippen molar-refractivity contribution in [3.8, 4) is 0 Å². The van der Waals surface area contributed by atoms with E-state index in [2.05, 4.69) is 79.5 Å². The van der Waals surface area contributed by atoms with Crippen LogP contribution in [-0.2, 0) is 9.16 Å². The topological polar surface area (TPSA) is 18.5 Å². The summed E-state index contributed by atoms with van der Waals surface area (Å²) in [7, 11) is -1.80. The standard InChI is InChI=1S/C19H35O2Si.3C4H9.Sn/c1-14-12-20-16-10-11-18(5,6)15(19(14,16)7)13-21-22(8,9)17(2,3)4;3*1-3-4-2;/h1,15-16H,10-13H2,2-9H3;3*1,3-4H2,2H3;/t15-,16+,19-;;;;/m1..../s1. The van der Waals surface area contributed by atoms with Crippen LogP contribution in [0.3, 0.4) is 0 Å². The molecule has 0 aromatic rings. The SMILES string of the molecule is CCC[CH2][Sn](/[CH]=C1\CO[C@H]2CCC(C)(C)[C@@H](CO[Si](C)(C)C(C)(C)C)[C@@]12C)([CH2]CCC)[CH2]CCC. The van der Waals surface area contributed by atoms with Crippen LogP contribution in [0.15, 0.2) is 9.67 Å². The van der Waals surface area contributed by atoms with Gasteiger partial charge in [-0.3, -0.25) is 0 Å². The van der Waals surface area contributed by atoms with Crippen molar-refractivity contribution in [3.63, 3.8) is 0 Å². The number of hydrogen-bond acceptors (Lipinski definition) is 2. The Labute approximate surface area is 225 Å². The molecule has 0 spiro atoms. The van der Waals surface area contributed by atoms with Crippen molar-refractivity contribution in [1.82, 2.24) is 0 Å². The van der Waals surface area contributed by atoms with Crippen molar-refractivity contribution in [2.75, 3.05) is 13.2 Å². The van der Waals surface area contributed by atoms with E-state index in [1.807, 2.05) is 0 Å². The molecule has 0 radical (unpaired) electrons. The van der Waals surface area contributed by atoms with Gasteiger partial charge in [0.25, 0.3) is 0 Å². The maximum absolute atomic E-state index is 6.99. The second kappa shape index (κ2) is 12.7. The molecule has 0 aromatic carbocycles. The first-order chi connectivity index (χ1) is 16.2. The Kier molecular flexibility index (Phi) is 11.6. The van der Waals surface area contributed by atoms with E-state index in [4.69, 9.17) is 9.16 Å². The zero-order valence-electron chi connectivity index (χ0n) is 25.7. The molecule has 1 aliphatic carbocycles. The Balaban J connectivity index is 2.50. The fourth-order valence-electron chi connectivity index (χ4n) is 6.70. The van der Waals surface area contributed by atoms with Gasteiger partial charge >= 0.3 is 227 Å². The van der Waals surface area contributed by atoms with Gasteiger partial charge < -0.3 is 0 Å². The van der Waals surface area contributed by atoms with Crippen molar-refractivity contribution in [2.24, 2.45) is 16.7 Å². The number of hydrogen-bond donors (Lipinski definition) is 0. The summed E-state index contributed by atoms with van der Waals surface area (Å²) in [5.74, 6) is 0.532. The summed E-state index contributed by atoms with van der Waals surface area (Å²) in [5.41, 5.74) is 2.13. The molecular weight excluding hydrogens is 551 g/mol. The molecule has 35 heavy (non-hydrogen) atoms. The molecular formula is C31H62O2SiSn. The molecule has 0 bridgehead atoms. The predicted molar refractivity (Wildman–Crippen MR) is 160 cm³/mol. The molecule has 2 aliphatic rings. The molecule has 1 aliphatic heterocycles. The normalized spacial score (nSPS) is 28.5. The van der Waals surface area contributed by atoms with Crippen molar-refractivity contribution in [3.05, 3.63) is 9.67 Å². The summed E-state index contributed by atoms with van der Waals surface area (Å²) in [6.07, 6.45) is 11.1. The molecule has 1 saturated carbocycles. The maximum atomic E-state index is 6.99. The van der Waals surface area contributed by atoms with E-state index < -0.39 is 26.7 Å². The van der Waals surface area contributed by atoms with Crippen LogP contribution in [0.2, 0.25) is 31.4 Å². The average Bonchev–Trinajstić information content (AvgIpc) is 3.08. The summed E-state index contributed by atoms with van der Waals surface area (Å²) in [6, 6.07) is 0. The third-order valence-corrected chi connectivity index (χ3v) is 29.3. The molecule has 3 atom stereocenters. The monoisotopic (exact) mass is 614 g/mol. The van der Waals surface area contributed by atoms with E-state index in [9.17, 15) is 0 Å². The first-order valence-electron chi connectivity index (χ1n) is 15.2. The van der Waals surface area contributed by atoms with Crippen molar-refractivity contribution >= 4 is 26.7 Å². The molecule has 0 aromatic heterocycles. The summed E-state index contributed by atoms with van der Waals surface area (Å²) in [4.78, 5) is 0. The van der Waals surface area contributed by atoms with E-state index in [1.165, 1.54) is 51.4 Å². The molecule has 4 heteroatoms. The molecule has 0 unspecified atom stereocenters. The van der Waals surface area contributed by atoms with E-state index in [1.54, 1.807) is 18.9 Å². The molecule has 1 heterocycles. The van der Waals surface area contributed by atoms with Crippen LogP contribution in [0, 0.1) is 16.7 Å². The van der Waals surface area contributed by atoms with E-state index in [-0.39, 0.29) is 15.9 Å². The molecule has 0 amide bonds.